The van der Waals surface area contributed by atoms with E-state index < -0.39 is 12.0 Å². The van der Waals surface area contributed by atoms with Gasteiger partial charge in [0.1, 0.15) is 5.82 Å². The lowest BCUT2D eigenvalue weighted by Crippen LogP contribution is -2.42. The molecule has 0 amide bonds. The number of benzene rings is 1. The third-order valence-corrected chi connectivity index (χ3v) is 5.71. The quantitative estimate of drug-likeness (QED) is 0.633. The van der Waals surface area contributed by atoms with Crippen LogP contribution in [0.5, 0.6) is 0 Å². The summed E-state index contributed by atoms with van der Waals surface area (Å²) in [6.45, 7) is 5.13. The number of piperidine rings is 1. The van der Waals surface area contributed by atoms with Crippen LogP contribution in [0.1, 0.15) is 38.7 Å². The fourth-order valence-electron chi connectivity index (χ4n) is 3.89. The zero-order chi connectivity index (χ0) is 20.8. The molecule has 4 rings (SSSR count). The second-order valence-corrected chi connectivity index (χ2v) is 8.26. The highest BCUT2D eigenvalue weighted by Gasteiger charge is 2.31. The van der Waals surface area contributed by atoms with Crippen molar-refractivity contribution >= 4 is 28.5 Å². The molecule has 0 saturated carbocycles. The minimum atomic E-state index is -2.57. The SMILES string of the molecule is CC(C)(O)C1CCN(c2nc(Cl)nc3c2cnn3-c2cccc(C(F)F)c2)CC1. The Kier molecular flexibility index (Phi) is 5.16. The molecule has 1 aromatic carbocycles. The van der Waals surface area contributed by atoms with Gasteiger partial charge in [0.2, 0.25) is 5.28 Å². The van der Waals surface area contributed by atoms with Crippen molar-refractivity contribution in [2.24, 2.45) is 5.92 Å². The molecule has 9 heteroatoms. The highest BCUT2D eigenvalue weighted by atomic mass is 35.5. The minimum Gasteiger partial charge on any atom is -0.390 e. The summed E-state index contributed by atoms with van der Waals surface area (Å²) in [6, 6.07) is 6.03. The molecular weight excluding hydrogens is 400 g/mol. The molecule has 1 aliphatic rings. The Morgan fingerprint density at radius 3 is 2.59 bits per heavy atom. The van der Waals surface area contributed by atoms with E-state index in [1.54, 1.807) is 18.3 Å². The lowest BCUT2D eigenvalue weighted by Gasteiger charge is -2.38. The van der Waals surface area contributed by atoms with Gasteiger partial charge in [-0.3, -0.25) is 0 Å². The Balaban J connectivity index is 1.71. The molecule has 29 heavy (non-hydrogen) atoms. The molecule has 2 aromatic heterocycles. The van der Waals surface area contributed by atoms with Crippen molar-refractivity contribution in [3.8, 4) is 5.69 Å². The molecule has 0 radical (unpaired) electrons. The summed E-state index contributed by atoms with van der Waals surface area (Å²) < 4.78 is 27.7. The van der Waals surface area contributed by atoms with Crippen molar-refractivity contribution in [1.29, 1.82) is 0 Å². The predicted octanol–water partition coefficient (Wildman–Crippen LogP) is 4.39. The zero-order valence-corrected chi connectivity index (χ0v) is 16.9. The minimum absolute atomic E-state index is 0.0730. The van der Waals surface area contributed by atoms with Crippen LogP contribution in [0.15, 0.2) is 30.5 Å². The van der Waals surface area contributed by atoms with Crippen molar-refractivity contribution < 1.29 is 13.9 Å². The third kappa shape index (κ3) is 3.91. The van der Waals surface area contributed by atoms with Gasteiger partial charge in [-0.1, -0.05) is 12.1 Å². The number of aliphatic hydroxyl groups is 1. The van der Waals surface area contributed by atoms with Crippen LogP contribution in [0.4, 0.5) is 14.6 Å². The van der Waals surface area contributed by atoms with E-state index in [2.05, 4.69) is 20.0 Å². The van der Waals surface area contributed by atoms with E-state index >= 15 is 0 Å². The van der Waals surface area contributed by atoms with Crippen molar-refractivity contribution in [2.45, 2.75) is 38.7 Å². The number of aromatic nitrogens is 4. The van der Waals surface area contributed by atoms with Gasteiger partial charge in [0.15, 0.2) is 5.65 Å². The smallest absolute Gasteiger partial charge is 0.263 e. The largest absolute Gasteiger partial charge is 0.390 e. The van der Waals surface area contributed by atoms with Gasteiger partial charge in [0, 0.05) is 18.7 Å². The summed E-state index contributed by atoms with van der Waals surface area (Å²) in [4.78, 5) is 10.8. The van der Waals surface area contributed by atoms with Crippen molar-refractivity contribution in [1.82, 2.24) is 19.7 Å². The fraction of sp³-hybridized carbons (Fsp3) is 0.450. The average Bonchev–Trinajstić information content (AvgIpc) is 3.10. The lowest BCUT2D eigenvalue weighted by molar-refractivity contribution is 0.00648. The maximum absolute atomic E-state index is 13.1. The summed E-state index contributed by atoms with van der Waals surface area (Å²) in [5.41, 5.74) is 0.154. The first-order valence-corrected chi connectivity index (χ1v) is 9.89. The van der Waals surface area contributed by atoms with E-state index in [-0.39, 0.29) is 16.8 Å². The second-order valence-electron chi connectivity index (χ2n) is 7.92. The first-order valence-electron chi connectivity index (χ1n) is 9.51. The molecule has 0 spiro atoms. The van der Waals surface area contributed by atoms with E-state index in [1.807, 2.05) is 13.8 Å². The lowest BCUT2D eigenvalue weighted by atomic mass is 9.83. The van der Waals surface area contributed by atoms with Crippen LogP contribution in [0.2, 0.25) is 5.28 Å². The molecule has 1 fully saturated rings. The second kappa shape index (κ2) is 7.50. The number of hydrogen-bond acceptors (Lipinski definition) is 5. The molecule has 3 aromatic rings. The van der Waals surface area contributed by atoms with E-state index in [0.717, 1.165) is 25.9 Å². The highest BCUT2D eigenvalue weighted by molar-refractivity contribution is 6.28. The third-order valence-electron chi connectivity index (χ3n) is 5.54. The van der Waals surface area contributed by atoms with E-state index in [0.29, 0.717) is 22.5 Å². The van der Waals surface area contributed by atoms with Gasteiger partial charge in [-0.15, -0.1) is 0 Å². The van der Waals surface area contributed by atoms with Crippen LogP contribution in [-0.2, 0) is 0 Å². The van der Waals surface area contributed by atoms with E-state index in [1.165, 1.54) is 16.8 Å². The topological polar surface area (TPSA) is 67.1 Å². The normalized spacial score (nSPS) is 16.2. The number of rotatable bonds is 4. The first kappa shape index (κ1) is 20.0. The van der Waals surface area contributed by atoms with Crippen molar-refractivity contribution in [3.63, 3.8) is 0 Å². The Labute approximate surface area is 172 Å². The van der Waals surface area contributed by atoms with Crippen molar-refractivity contribution in [3.05, 3.63) is 41.3 Å². The number of anilines is 1. The van der Waals surface area contributed by atoms with Crippen LogP contribution < -0.4 is 4.90 Å². The maximum Gasteiger partial charge on any atom is 0.263 e. The van der Waals surface area contributed by atoms with Gasteiger partial charge in [-0.25, -0.2) is 13.5 Å². The molecule has 1 N–H and O–H groups in total. The molecule has 3 heterocycles. The molecular formula is C20H22ClF2N5O. The number of halogens is 3. The van der Waals surface area contributed by atoms with Gasteiger partial charge in [-0.05, 0) is 56.3 Å². The molecule has 0 unspecified atom stereocenters. The summed E-state index contributed by atoms with van der Waals surface area (Å²) in [5, 5.41) is 15.4. The Morgan fingerprint density at radius 1 is 1.21 bits per heavy atom. The van der Waals surface area contributed by atoms with E-state index in [9.17, 15) is 13.9 Å². The summed E-state index contributed by atoms with van der Waals surface area (Å²) in [6.07, 6.45) is 0.731. The van der Waals surface area contributed by atoms with Gasteiger partial charge in [-0.2, -0.15) is 15.1 Å². The molecule has 0 bridgehead atoms. The van der Waals surface area contributed by atoms with Crippen LogP contribution in [-0.4, -0.2) is 43.5 Å². The maximum atomic E-state index is 13.1. The predicted molar refractivity (Wildman–Crippen MR) is 108 cm³/mol. The van der Waals surface area contributed by atoms with Gasteiger partial charge in [0.25, 0.3) is 6.43 Å². The number of fused-ring (bicyclic) bond motifs is 1. The summed E-state index contributed by atoms with van der Waals surface area (Å²) in [5.74, 6) is 0.886. The van der Waals surface area contributed by atoms with Crippen LogP contribution in [0.25, 0.3) is 16.7 Å². The van der Waals surface area contributed by atoms with Crippen LogP contribution >= 0.6 is 11.6 Å². The first-order chi connectivity index (χ1) is 13.7. The average molecular weight is 422 g/mol. The fourth-order valence-corrected chi connectivity index (χ4v) is 4.05. The Bertz CT molecular complexity index is 1030. The summed E-state index contributed by atoms with van der Waals surface area (Å²) >= 11 is 6.19. The highest BCUT2D eigenvalue weighted by Crippen LogP contribution is 2.33. The summed E-state index contributed by atoms with van der Waals surface area (Å²) in [7, 11) is 0. The Morgan fingerprint density at radius 2 is 1.93 bits per heavy atom. The number of alkyl halides is 2. The molecule has 1 aliphatic heterocycles. The molecule has 0 atom stereocenters. The zero-order valence-electron chi connectivity index (χ0n) is 16.2. The molecule has 154 valence electrons. The number of hydrogen-bond donors (Lipinski definition) is 1. The van der Waals surface area contributed by atoms with Gasteiger partial charge in [0.05, 0.1) is 22.9 Å². The molecule has 1 saturated heterocycles. The monoisotopic (exact) mass is 421 g/mol. The van der Waals surface area contributed by atoms with Gasteiger partial charge < -0.3 is 10.0 Å². The van der Waals surface area contributed by atoms with Crippen LogP contribution in [0, 0.1) is 5.92 Å². The van der Waals surface area contributed by atoms with Gasteiger partial charge >= 0.3 is 0 Å². The number of nitrogens with zero attached hydrogens (tertiary/aromatic N) is 5. The molecule has 6 nitrogen and oxygen atoms in total. The Hall–Kier alpha value is -2.32. The standard InChI is InChI=1S/C20H22ClF2N5O/c1-20(2,29)13-6-8-27(9-7-13)17-15-11-24-28(18(15)26-19(21)25-17)14-5-3-4-12(10-14)16(22)23/h3-5,10-11,13,16,29H,6-9H2,1-2H3. The molecule has 0 aliphatic carbocycles. The van der Waals surface area contributed by atoms with E-state index in [4.69, 9.17) is 11.6 Å². The van der Waals surface area contributed by atoms with Crippen molar-refractivity contribution in [2.75, 3.05) is 18.0 Å². The van der Waals surface area contributed by atoms with Crippen LogP contribution in [0.3, 0.4) is 0 Å².